The van der Waals surface area contributed by atoms with Crippen molar-refractivity contribution < 1.29 is 4.79 Å². The Morgan fingerprint density at radius 3 is 2.70 bits per heavy atom. The van der Waals surface area contributed by atoms with Crippen LogP contribution in [0.3, 0.4) is 0 Å². The monoisotopic (exact) mass is 270 g/mol. The zero-order valence-corrected chi connectivity index (χ0v) is 11.8. The van der Waals surface area contributed by atoms with Crippen molar-refractivity contribution >= 4 is 5.91 Å². The molecule has 1 aromatic carbocycles. The summed E-state index contributed by atoms with van der Waals surface area (Å²) in [5.74, 6) is 0.633. The van der Waals surface area contributed by atoms with Crippen molar-refractivity contribution in [2.75, 3.05) is 6.54 Å². The Labute approximate surface area is 120 Å². The number of likely N-dealkylation sites (tertiary alicyclic amines) is 1. The van der Waals surface area contributed by atoms with E-state index in [0.29, 0.717) is 24.0 Å². The van der Waals surface area contributed by atoms with Crippen molar-refractivity contribution in [3.63, 3.8) is 0 Å². The fourth-order valence-electron chi connectivity index (χ4n) is 4.36. The van der Waals surface area contributed by atoms with Gasteiger partial charge in [0.15, 0.2) is 0 Å². The summed E-state index contributed by atoms with van der Waals surface area (Å²) >= 11 is 0. The van der Waals surface area contributed by atoms with Crippen molar-refractivity contribution in [2.24, 2.45) is 5.92 Å². The van der Waals surface area contributed by atoms with Gasteiger partial charge in [-0.2, -0.15) is 0 Å². The molecular weight excluding hydrogens is 248 g/mol. The molecule has 4 unspecified atom stereocenters. The van der Waals surface area contributed by atoms with E-state index in [9.17, 15) is 4.79 Å². The van der Waals surface area contributed by atoms with Gasteiger partial charge < -0.3 is 10.2 Å². The Kier molecular flexibility index (Phi) is 3.03. The second-order valence-corrected chi connectivity index (χ2v) is 6.49. The molecule has 0 spiro atoms. The number of carbonyl (C=O) groups excluding carboxylic acids is 1. The largest absolute Gasteiger partial charge is 0.335 e. The van der Waals surface area contributed by atoms with Gasteiger partial charge in [-0.3, -0.25) is 4.79 Å². The van der Waals surface area contributed by atoms with E-state index in [-0.39, 0.29) is 5.92 Å². The number of carbonyl (C=O) groups is 1. The van der Waals surface area contributed by atoms with Crippen LogP contribution in [0.2, 0.25) is 0 Å². The first-order valence-electron chi connectivity index (χ1n) is 7.94. The Hall–Kier alpha value is -1.35. The molecule has 0 radical (unpaired) electrons. The summed E-state index contributed by atoms with van der Waals surface area (Å²) in [6.45, 7) is 0.937. The van der Waals surface area contributed by atoms with Crippen LogP contribution in [0.4, 0.5) is 0 Å². The molecule has 3 aliphatic rings. The maximum atomic E-state index is 12.9. The van der Waals surface area contributed by atoms with E-state index in [4.69, 9.17) is 0 Å². The summed E-state index contributed by atoms with van der Waals surface area (Å²) in [7, 11) is 0. The first-order valence-corrected chi connectivity index (χ1v) is 7.94. The van der Waals surface area contributed by atoms with E-state index >= 15 is 0 Å². The van der Waals surface area contributed by atoms with E-state index in [2.05, 4.69) is 34.5 Å². The zero-order valence-electron chi connectivity index (χ0n) is 11.8. The topological polar surface area (TPSA) is 32.3 Å². The van der Waals surface area contributed by atoms with Crippen molar-refractivity contribution in [1.82, 2.24) is 10.2 Å². The molecule has 1 amide bonds. The molecule has 4 rings (SSSR count). The van der Waals surface area contributed by atoms with E-state index in [1.807, 2.05) is 6.07 Å². The average molecular weight is 270 g/mol. The van der Waals surface area contributed by atoms with Crippen molar-refractivity contribution in [3.05, 3.63) is 35.9 Å². The smallest absolute Gasteiger partial charge is 0.227 e. The minimum Gasteiger partial charge on any atom is -0.335 e. The molecule has 3 heteroatoms. The number of benzene rings is 1. The molecule has 0 aromatic heterocycles. The van der Waals surface area contributed by atoms with E-state index in [1.54, 1.807) is 0 Å². The lowest BCUT2D eigenvalue weighted by molar-refractivity contribution is -0.137. The molecule has 3 fully saturated rings. The SMILES string of the molecule is O=C(C1CC2CCC1N2)N1CCCC1c1ccccc1. The van der Waals surface area contributed by atoms with Gasteiger partial charge >= 0.3 is 0 Å². The van der Waals surface area contributed by atoms with Crippen molar-refractivity contribution in [2.45, 2.75) is 50.2 Å². The minimum atomic E-state index is 0.234. The predicted octanol–water partition coefficient (Wildman–Crippen LogP) is 2.49. The Morgan fingerprint density at radius 2 is 2.00 bits per heavy atom. The maximum absolute atomic E-state index is 12.9. The van der Waals surface area contributed by atoms with Gasteiger partial charge in [0, 0.05) is 18.6 Å². The lowest BCUT2D eigenvalue weighted by Crippen LogP contribution is -2.40. The summed E-state index contributed by atoms with van der Waals surface area (Å²) in [6, 6.07) is 11.9. The van der Waals surface area contributed by atoms with Crippen LogP contribution in [0.15, 0.2) is 30.3 Å². The molecule has 106 valence electrons. The minimum absolute atomic E-state index is 0.234. The summed E-state index contributed by atoms with van der Waals surface area (Å²) in [5.41, 5.74) is 1.30. The molecule has 3 aliphatic heterocycles. The normalized spacial score (nSPS) is 35.7. The second-order valence-electron chi connectivity index (χ2n) is 6.49. The molecule has 0 saturated carbocycles. The number of nitrogens with zero attached hydrogens (tertiary/aromatic N) is 1. The molecule has 2 bridgehead atoms. The quantitative estimate of drug-likeness (QED) is 0.895. The first kappa shape index (κ1) is 12.4. The number of hydrogen-bond acceptors (Lipinski definition) is 2. The third kappa shape index (κ3) is 1.96. The van der Waals surface area contributed by atoms with E-state index < -0.39 is 0 Å². The van der Waals surface area contributed by atoms with Gasteiger partial charge in [-0.25, -0.2) is 0 Å². The lowest BCUT2D eigenvalue weighted by atomic mass is 9.87. The summed E-state index contributed by atoms with van der Waals surface area (Å²) in [5, 5.41) is 3.59. The van der Waals surface area contributed by atoms with Crippen LogP contribution in [0, 0.1) is 5.92 Å². The van der Waals surface area contributed by atoms with Gasteiger partial charge in [-0.05, 0) is 37.7 Å². The van der Waals surface area contributed by atoms with Crippen LogP contribution in [0.25, 0.3) is 0 Å². The van der Waals surface area contributed by atoms with Gasteiger partial charge in [-0.15, -0.1) is 0 Å². The molecule has 20 heavy (non-hydrogen) atoms. The summed E-state index contributed by atoms with van der Waals surface area (Å²) < 4.78 is 0. The lowest BCUT2D eigenvalue weighted by Gasteiger charge is -2.30. The molecule has 3 saturated heterocycles. The second kappa shape index (κ2) is 4.88. The van der Waals surface area contributed by atoms with Crippen LogP contribution < -0.4 is 5.32 Å². The van der Waals surface area contributed by atoms with Crippen molar-refractivity contribution in [1.29, 1.82) is 0 Å². The molecule has 0 aliphatic carbocycles. The van der Waals surface area contributed by atoms with Crippen LogP contribution in [-0.2, 0) is 4.79 Å². The number of fused-ring (bicyclic) bond motifs is 2. The van der Waals surface area contributed by atoms with Gasteiger partial charge in [0.1, 0.15) is 0 Å². The number of rotatable bonds is 2. The predicted molar refractivity (Wildman–Crippen MR) is 78.2 cm³/mol. The van der Waals surface area contributed by atoms with Gasteiger partial charge in [-0.1, -0.05) is 30.3 Å². The highest BCUT2D eigenvalue weighted by Crippen LogP contribution is 2.38. The van der Waals surface area contributed by atoms with Gasteiger partial charge in [0.25, 0.3) is 0 Å². The number of nitrogens with one attached hydrogen (secondary N) is 1. The van der Waals surface area contributed by atoms with Crippen LogP contribution >= 0.6 is 0 Å². The summed E-state index contributed by atoms with van der Waals surface area (Å²) in [4.78, 5) is 15.1. The van der Waals surface area contributed by atoms with Crippen LogP contribution in [0.1, 0.15) is 43.7 Å². The zero-order chi connectivity index (χ0) is 13.5. The van der Waals surface area contributed by atoms with Crippen LogP contribution in [-0.4, -0.2) is 29.4 Å². The number of amides is 1. The third-order valence-corrected chi connectivity index (χ3v) is 5.34. The molecule has 1 N–H and O–H groups in total. The highest BCUT2D eigenvalue weighted by atomic mass is 16.2. The third-order valence-electron chi connectivity index (χ3n) is 5.34. The molecular formula is C17H22N2O. The van der Waals surface area contributed by atoms with E-state index in [0.717, 1.165) is 25.8 Å². The van der Waals surface area contributed by atoms with E-state index in [1.165, 1.54) is 18.4 Å². The molecule has 4 atom stereocenters. The Balaban J connectivity index is 1.54. The fourth-order valence-corrected chi connectivity index (χ4v) is 4.36. The highest BCUT2D eigenvalue weighted by molar-refractivity contribution is 5.81. The average Bonchev–Trinajstić information content (AvgIpc) is 3.23. The molecule has 1 aromatic rings. The number of hydrogen-bond donors (Lipinski definition) is 1. The van der Waals surface area contributed by atoms with Gasteiger partial charge in [0.2, 0.25) is 5.91 Å². The van der Waals surface area contributed by atoms with Crippen LogP contribution in [0.5, 0.6) is 0 Å². The standard InChI is InChI=1S/C17H22N2O/c20-17(14-11-13-8-9-15(14)18-13)19-10-4-7-16(19)12-5-2-1-3-6-12/h1-3,5-6,13-16,18H,4,7-11H2. The Morgan fingerprint density at radius 1 is 1.15 bits per heavy atom. The van der Waals surface area contributed by atoms with Gasteiger partial charge in [0.05, 0.1) is 12.0 Å². The summed E-state index contributed by atoms with van der Waals surface area (Å²) in [6.07, 6.45) is 5.76. The highest BCUT2D eigenvalue weighted by Gasteiger charge is 2.45. The molecule has 3 nitrogen and oxygen atoms in total. The molecule has 3 heterocycles. The first-order chi connectivity index (χ1) is 9.83. The fraction of sp³-hybridized carbons (Fsp3) is 0.588. The van der Waals surface area contributed by atoms with Crippen molar-refractivity contribution in [3.8, 4) is 0 Å². The Bertz CT molecular complexity index is 501. The maximum Gasteiger partial charge on any atom is 0.227 e.